The van der Waals surface area contributed by atoms with Crippen molar-refractivity contribution in [3.05, 3.63) is 29.8 Å². The minimum absolute atomic E-state index is 0.0757. The molecule has 1 rings (SSSR count). The highest BCUT2D eigenvalue weighted by Crippen LogP contribution is 2.13. The lowest BCUT2D eigenvalue weighted by atomic mass is 10.0. The van der Waals surface area contributed by atoms with Crippen molar-refractivity contribution in [3.63, 3.8) is 0 Å². The van der Waals surface area contributed by atoms with Gasteiger partial charge in [0.1, 0.15) is 11.6 Å². The molecule has 3 N–H and O–H groups in total. The average molecular weight is 242 g/mol. The summed E-state index contributed by atoms with van der Waals surface area (Å²) in [6, 6.07) is 2.15. The lowest BCUT2D eigenvalue weighted by Crippen LogP contribution is -2.36. The molecule has 0 fully saturated rings. The van der Waals surface area contributed by atoms with Crippen LogP contribution in [0.1, 0.15) is 20.3 Å². The fraction of sp³-hybridized carbons (Fsp3) is 0.417. The third-order valence-corrected chi connectivity index (χ3v) is 2.19. The van der Waals surface area contributed by atoms with E-state index in [4.69, 9.17) is 5.73 Å². The Morgan fingerprint density at radius 2 is 1.82 bits per heavy atom. The van der Waals surface area contributed by atoms with Gasteiger partial charge in [-0.15, -0.1) is 0 Å². The predicted octanol–water partition coefficient (Wildman–Crippen LogP) is 2.28. The van der Waals surface area contributed by atoms with Crippen LogP contribution in [0.25, 0.3) is 0 Å². The second-order valence-electron chi connectivity index (χ2n) is 4.38. The molecular formula is C12H16F2N2O. The van der Waals surface area contributed by atoms with Crippen LogP contribution in [-0.2, 0) is 4.79 Å². The molecule has 0 aromatic heterocycles. The van der Waals surface area contributed by atoms with Crippen LogP contribution in [0, 0.1) is 17.6 Å². The maximum absolute atomic E-state index is 12.9. The number of anilines is 1. The second kappa shape index (κ2) is 5.72. The van der Waals surface area contributed by atoms with E-state index in [2.05, 4.69) is 5.32 Å². The third-order valence-electron chi connectivity index (χ3n) is 2.19. The number of benzene rings is 1. The summed E-state index contributed by atoms with van der Waals surface area (Å²) in [7, 11) is 0. The Hall–Kier alpha value is -1.49. The Labute approximate surface area is 99.0 Å². The molecule has 1 aromatic carbocycles. The van der Waals surface area contributed by atoms with Crippen molar-refractivity contribution >= 4 is 11.6 Å². The van der Waals surface area contributed by atoms with Gasteiger partial charge >= 0.3 is 0 Å². The number of carbonyl (C=O) groups excluding carboxylic acids is 1. The normalized spacial score (nSPS) is 12.6. The minimum atomic E-state index is -0.738. The molecule has 0 saturated heterocycles. The first kappa shape index (κ1) is 13.6. The fourth-order valence-corrected chi connectivity index (χ4v) is 1.48. The van der Waals surface area contributed by atoms with Gasteiger partial charge in [-0.1, -0.05) is 13.8 Å². The number of nitrogens with two attached hydrogens (primary N) is 1. The zero-order valence-electron chi connectivity index (χ0n) is 9.84. The molecule has 1 unspecified atom stereocenters. The molecule has 0 radical (unpaired) electrons. The largest absolute Gasteiger partial charge is 0.325 e. The molecule has 0 aliphatic heterocycles. The van der Waals surface area contributed by atoms with Crippen molar-refractivity contribution in [2.24, 2.45) is 11.7 Å². The van der Waals surface area contributed by atoms with Gasteiger partial charge in [-0.05, 0) is 24.5 Å². The zero-order chi connectivity index (χ0) is 13.0. The van der Waals surface area contributed by atoms with Gasteiger partial charge in [0.05, 0.1) is 6.04 Å². The SMILES string of the molecule is CC(C)CC(N)C(=O)Nc1cc(F)cc(F)c1. The number of amides is 1. The van der Waals surface area contributed by atoms with Gasteiger partial charge in [-0.3, -0.25) is 4.79 Å². The van der Waals surface area contributed by atoms with E-state index in [1.54, 1.807) is 0 Å². The Kier molecular flexibility index (Phi) is 4.57. The van der Waals surface area contributed by atoms with E-state index < -0.39 is 23.6 Å². The topological polar surface area (TPSA) is 55.1 Å². The number of carbonyl (C=O) groups is 1. The van der Waals surface area contributed by atoms with Crippen LogP contribution in [-0.4, -0.2) is 11.9 Å². The second-order valence-corrected chi connectivity index (χ2v) is 4.38. The molecule has 0 aliphatic rings. The molecule has 5 heteroatoms. The van der Waals surface area contributed by atoms with Crippen LogP contribution in [0.5, 0.6) is 0 Å². The Bertz CT molecular complexity index is 387. The molecule has 0 bridgehead atoms. The molecule has 17 heavy (non-hydrogen) atoms. The molecule has 0 heterocycles. The highest BCUT2D eigenvalue weighted by atomic mass is 19.1. The minimum Gasteiger partial charge on any atom is -0.325 e. The van der Waals surface area contributed by atoms with Crippen molar-refractivity contribution in [3.8, 4) is 0 Å². The van der Waals surface area contributed by atoms with E-state index in [0.717, 1.165) is 18.2 Å². The molecule has 1 aromatic rings. The number of nitrogens with one attached hydrogen (secondary N) is 1. The molecule has 0 aliphatic carbocycles. The molecular weight excluding hydrogens is 226 g/mol. The van der Waals surface area contributed by atoms with Crippen LogP contribution < -0.4 is 11.1 Å². The van der Waals surface area contributed by atoms with E-state index in [0.29, 0.717) is 6.42 Å². The van der Waals surface area contributed by atoms with Crippen LogP contribution >= 0.6 is 0 Å². The summed E-state index contributed by atoms with van der Waals surface area (Å²) in [6.45, 7) is 3.88. The molecule has 0 saturated carbocycles. The Morgan fingerprint density at radius 1 is 1.29 bits per heavy atom. The Balaban J connectivity index is 2.67. The van der Waals surface area contributed by atoms with Crippen molar-refractivity contribution in [1.29, 1.82) is 0 Å². The van der Waals surface area contributed by atoms with Gasteiger partial charge in [-0.25, -0.2) is 8.78 Å². The number of halogens is 2. The van der Waals surface area contributed by atoms with Crippen molar-refractivity contribution in [1.82, 2.24) is 0 Å². The number of rotatable bonds is 4. The van der Waals surface area contributed by atoms with Gasteiger partial charge < -0.3 is 11.1 Å². The lowest BCUT2D eigenvalue weighted by molar-refractivity contribution is -0.117. The van der Waals surface area contributed by atoms with E-state index in [9.17, 15) is 13.6 Å². The monoisotopic (exact) mass is 242 g/mol. The number of hydrogen-bond donors (Lipinski definition) is 2. The summed E-state index contributed by atoms with van der Waals surface area (Å²) in [5.74, 6) is -1.64. The van der Waals surface area contributed by atoms with Gasteiger partial charge in [0.2, 0.25) is 5.91 Å². The summed E-state index contributed by atoms with van der Waals surface area (Å²) in [5.41, 5.74) is 5.72. The van der Waals surface area contributed by atoms with E-state index >= 15 is 0 Å². The molecule has 1 amide bonds. The van der Waals surface area contributed by atoms with E-state index in [1.165, 1.54) is 0 Å². The molecule has 94 valence electrons. The standard InChI is InChI=1S/C12H16F2N2O/c1-7(2)3-11(15)12(17)16-10-5-8(13)4-9(14)6-10/h4-7,11H,3,15H2,1-2H3,(H,16,17). The molecule has 1 atom stereocenters. The maximum atomic E-state index is 12.9. The quantitative estimate of drug-likeness (QED) is 0.851. The van der Waals surface area contributed by atoms with Crippen LogP contribution in [0.4, 0.5) is 14.5 Å². The lowest BCUT2D eigenvalue weighted by Gasteiger charge is -2.14. The zero-order valence-corrected chi connectivity index (χ0v) is 9.84. The number of hydrogen-bond acceptors (Lipinski definition) is 2. The highest BCUT2D eigenvalue weighted by Gasteiger charge is 2.15. The molecule has 0 spiro atoms. The van der Waals surface area contributed by atoms with Crippen LogP contribution in [0.15, 0.2) is 18.2 Å². The Morgan fingerprint density at radius 3 is 2.29 bits per heavy atom. The van der Waals surface area contributed by atoms with E-state index in [1.807, 2.05) is 13.8 Å². The van der Waals surface area contributed by atoms with Crippen LogP contribution in [0.3, 0.4) is 0 Å². The van der Waals surface area contributed by atoms with Crippen molar-refractivity contribution < 1.29 is 13.6 Å². The third kappa shape index (κ3) is 4.48. The average Bonchev–Trinajstić information content (AvgIpc) is 2.14. The smallest absolute Gasteiger partial charge is 0.241 e. The fourth-order valence-electron chi connectivity index (χ4n) is 1.48. The predicted molar refractivity (Wildman–Crippen MR) is 62.4 cm³/mol. The summed E-state index contributed by atoms with van der Waals surface area (Å²) < 4.78 is 25.7. The van der Waals surface area contributed by atoms with Crippen LogP contribution in [0.2, 0.25) is 0 Å². The van der Waals surface area contributed by atoms with Gasteiger partial charge in [0.25, 0.3) is 0 Å². The summed E-state index contributed by atoms with van der Waals surface area (Å²) in [6.07, 6.45) is 0.517. The van der Waals surface area contributed by atoms with Crippen molar-refractivity contribution in [2.45, 2.75) is 26.3 Å². The van der Waals surface area contributed by atoms with Gasteiger partial charge in [0, 0.05) is 11.8 Å². The van der Waals surface area contributed by atoms with Crippen molar-refractivity contribution in [2.75, 3.05) is 5.32 Å². The summed E-state index contributed by atoms with van der Waals surface area (Å²) in [4.78, 5) is 11.6. The highest BCUT2D eigenvalue weighted by molar-refractivity contribution is 5.94. The molecule has 3 nitrogen and oxygen atoms in total. The first-order valence-electron chi connectivity index (χ1n) is 5.41. The van der Waals surface area contributed by atoms with E-state index in [-0.39, 0.29) is 11.6 Å². The van der Waals surface area contributed by atoms with Gasteiger partial charge in [-0.2, -0.15) is 0 Å². The van der Waals surface area contributed by atoms with Gasteiger partial charge in [0.15, 0.2) is 0 Å². The maximum Gasteiger partial charge on any atom is 0.241 e. The first-order valence-corrected chi connectivity index (χ1v) is 5.41. The first-order chi connectivity index (χ1) is 7.88. The summed E-state index contributed by atoms with van der Waals surface area (Å²) >= 11 is 0. The summed E-state index contributed by atoms with van der Waals surface area (Å²) in [5, 5.41) is 2.38.